The van der Waals surface area contributed by atoms with Gasteiger partial charge in [-0.15, -0.1) is 0 Å². The standard InChI is InChI=1S/C15H24N2O4S2/c1-15(7-4-8-16-10-15)11-17-13-6-5-12(22(2,18)19)9-14(13)23(3,20)21/h5-6,9,16-17H,4,7-8,10-11H2,1-3H3. The molecule has 2 N–H and O–H groups in total. The Morgan fingerprint density at radius 1 is 1.17 bits per heavy atom. The van der Waals surface area contributed by atoms with E-state index >= 15 is 0 Å². The van der Waals surface area contributed by atoms with Crippen LogP contribution in [-0.2, 0) is 19.7 Å². The van der Waals surface area contributed by atoms with Gasteiger partial charge in [0.05, 0.1) is 15.5 Å². The Morgan fingerprint density at radius 2 is 1.87 bits per heavy atom. The molecule has 0 spiro atoms. The first kappa shape index (κ1) is 18.2. The van der Waals surface area contributed by atoms with Gasteiger partial charge in [0.25, 0.3) is 0 Å². The molecule has 0 bridgehead atoms. The van der Waals surface area contributed by atoms with Crippen LogP contribution >= 0.6 is 0 Å². The molecule has 1 saturated heterocycles. The van der Waals surface area contributed by atoms with Crippen molar-refractivity contribution in [3.63, 3.8) is 0 Å². The van der Waals surface area contributed by atoms with E-state index in [4.69, 9.17) is 0 Å². The van der Waals surface area contributed by atoms with E-state index in [9.17, 15) is 16.8 Å². The number of rotatable bonds is 5. The van der Waals surface area contributed by atoms with Gasteiger partial charge < -0.3 is 10.6 Å². The molecule has 0 aromatic heterocycles. The van der Waals surface area contributed by atoms with Crippen LogP contribution in [-0.4, -0.2) is 49.0 Å². The third kappa shape index (κ3) is 4.68. The lowest BCUT2D eigenvalue weighted by Gasteiger charge is -2.34. The van der Waals surface area contributed by atoms with Crippen molar-refractivity contribution >= 4 is 25.4 Å². The van der Waals surface area contributed by atoms with Crippen LogP contribution in [0.4, 0.5) is 5.69 Å². The van der Waals surface area contributed by atoms with Crippen molar-refractivity contribution < 1.29 is 16.8 Å². The third-order valence-corrected chi connectivity index (χ3v) is 6.42. The van der Waals surface area contributed by atoms with Crippen molar-refractivity contribution in [3.8, 4) is 0 Å². The number of hydrogen-bond donors (Lipinski definition) is 2. The summed E-state index contributed by atoms with van der Waals surface area (Å²) in [6, 6.07) is 4.20. The lowest BCUT2D eigenvalue weighted by atomic mass is 9.83. The van der Waals surface area contributed by atoms with Crippen molar-refractivity contribution in [3.05, 3.63) is 18.2 Å². The molecule has 1 aromatic carbocycles. The second kappa shape index (κ2) is 6.41. The third-order valence-electron chi connectivity index (χ3n) is 4.17. The van der Waals surface area contributed by atoms with E-state index in [1.165, 1.54) is 18.2 Å². The van der Waals surface area contributed by atoms with E-state index in [1.807, 2.05) is 0 Å². The van der Waals surface area contributed by atoms with Gasteiger partial charge in [-0.3, -0.25) is 0 Å². The number of benzene rings is 1. The van der Waals surface area contributed by atoms with E-state index in [0.717, 1.165) is 38.4 Å². The average Bonchev–Trinajstić information content (AvgIpc) is 2.44. The van der Waals surface area contributed by atoms with Gasteiger partial charge in [-0.05, 0) is 43.0 Å². The predicted molar refractivity (Wildman–Crippen MR) is 91.4 cm³/mol. The Morgan fingerprint density at radius 3 is 2.39 bits per heavy atom. The second-order valence-electron chi connectivity index (χ2n) is 6.65. The highest BCUT2D eigenvalue weighted by Gasteiger charge is 2.27. The van der Waals surface area contributed by atoms with Crippen molar-refractivity contribution in [1.29, 1.82) is 0 Å². The number of nitrogens with one attached hydrogen (secondary N) is 2. The minimum Gasteiger partial charge on any atom is -0.383 e. The molecule has 1 aromatic rings. The number of anilines is 1. The van der Waals surface area contributed by atoms with Gasteiger partial charge >= 0.3 is 0 Å². The minimum atomic E-state index is -3.53. The maximum absolute atomic E-state index is 12.0. The fraction of sp³-hybridized carbons (Fsp3) is 0.600. The van der Waals surface area contributed by atoms with Crippen LogP contribution < -0.4 is 10.6 Å². The normalized spacial score (nSPS) is 22.7. The van der Waals surface area contributed by atoms with E-state index in [2.05, 4.69) is 17.6 Å². The Balaban J connectivity index is 2.31. The quantitative estimate of drug-likeness (QED) is 0.822. The highest BCUT2D eigenvalue weighted by molar-refractivity contribution is 7.91. The summed E-state index contributed by atoms with van der Waals surface area (Å²) in [5, 5.41) is 6.54. The molecule has 130 valence electrons. The fourth-order valence-corrected chi connectivity index (χ4v) is 4.37. The molecule has 1 fully saturated rings. The van der Waals surface area contributed by atoms with Crippen molar-refractivity contribution in [2.45, 2.75) is 29.6 Å². The van der Waals surface area contributed by atoms with Crippen LogP contribution in [0.1, 0.15) is 19.8 Å². The van der Waals surface area contributed by atoms with E-state index in [1.54, 1.807) is 0 Å². The monoisotopic (exact) mass is 360 g/mol. The zero-order valence-corrected chi connectivity index (χ0v) is 15.4. The van der Waals surface area contributed by atoms with Gasteiger partial charge in [0.2, 0.25) is 0 Å². The van der Waals surface area contributed by atoms with Crippen molar-refractivity contribution in [2.75, 3.05) is 37.5 Å². The molecule has 1 aliphatic rings. The summed E-state index contributed by atoms with van der Waals surface area (Å²) in [6.45, 7) is 4.65. The van der Waals surface area contributed by atoms with Gasteiger partial charge in [-0.25, -0.2) is 16.8 Å². The molecule has 23 heavy (non-hydrogen) atoms. The van der Waals surface area contributed by atoms with Gasteiger partial charge in [0.15, 0.2) is 19.7 Å². The molecule has 1 heterocycles. The molecule has 0 amide bonds. The van der Waals surface area contributed by atoms with Crippen molar-refractivity contribution in [1.82, 2.24) is 5.32 Å². The smallest absolute Gasteiger partial charge is 0.177 e. The maximum Gasteiger partial charge on any atom is 0.177 e. The van der Waals surface area contributed by atoms with Crippen LogP contribution in [0.15, 0.2) is 28.0 Å². The molecule has 0 aliphatic carbocycles. The van der Waals surface area contributed by atoms with E-state index in [-0.39, 0.29) is 15.2 Å². The molecular weight excluding hydrogens is 336 g/mol. The molecule has 2 rings (SSSR count). The lowest BCUT2D eigenvalue weighted by molar-refractivity contribution is 0.253. The average molecular weight is 361 g/mol. The molecular formula is C15H24N2O4S2. The minimum absolute atomic E-state index is 0.00835. The molecule has 8 heteroatoms. The summed E-state index contributed by atoms with van der Waals surface area (Å²) in [7, 11) is -6.98. The van der Waals surface area contributed by atoms with Crippen LogP contribution in [0.3, 0.4) is 0 Å². The predicted octanol–water partition coefficient (Wildman–Crippen LogP) is 1.30. The zero-order valence-electron chi connectivity index (χ0n) is 13.7. The summed E-state index contributed by atoms with van der Waals surface area (Å²) in [4.78, 5) is 0.0295. The molecule has 0 radical (unpaired) electrons. The Labute approximate surface area is 138 Å². The highest BCUT2D eigenvalue weighted by Crippen LogP contribution is 2.29. The Kier molecular flexibility index (Phi) is 5.08. The summed E-state index contributed by atoms with van der Waals surface area (Å²) in [5.41, 5.74) is 0.495. The first-order chi connectivity index (χ1) is 10.5. The first-order valence-corrected chi connectivity index (χ1v) is 11.3. The summed E-state index contributed by atoms with van der Waals surface area (Å²) in [5.74, 6) is 0. The molecule has 1 unspecified atom stereocenters. The molecule has 1 aliphatic heterocycles. The van der Waals surface area contributed by atoms with Crippen LogP contribution in [0.2, 0.25) is 0 Å². The van der Waals surface area contributed by atoms with E-state index in [0.29, 0.717) is 12.2 Å². The Hall–Kier alpha value is -1.12. The molecule has 6 nitrogen and oxygen atoms in total. The highest BCUT2D eigenvalue weighted by atomic mass is 32.2. The van der Waals surface area contributed by atoms with Gasteiger partial charge in [-0.1, -0.05) is 6.92 Å². The summed E-state index contributed by atoms with van der Waals surface area (Å²) in [6.07, 6.45) is 4.30. The van der Waals surface area contributed by atoms with Crippen molar-refractivity contribution in [2.24, 2.45) is 5.41 Å². The van der Waals surface area contributed by atoms with Gasteiger partial charge in [0.1, 0.15) is 0 Å². The van der Waals surface area contributed by atoms with Gasteiger partial charge in [-0.2, -0.15) is 0 Å². The van der Waals surface area contributed by atoms with Crippen LogP contribution in [0, 0.1) is 5.41 Å². The fourth-order valence-electron chi connectivity index (χ4n) is 2.76. The van der Waals surface area contributed by atoms with Gasteiger partial charge in [0, 0.05) is 25.6 Å². The largest absolute Gasteiger partial charge is 0.383 e. The number of hydrogen-bond acceptors (Lipinski definition) is 6. The maximum atomic E-state index is 12.0. The summed E-state index contributed by atoms with van der Waals surface area (Å²) >= 11 is 0. The lowest BCUT2D eigenvalue weighted by Crippen LogP contribution is -2.42. The SMILES string of the molecule is CC1(CNc2ccc(S(C)(=O)=O)cc2S(C)(=O)=O)CCCNC1. The summed E-state index contributed by atoms with van der Waals surface area (Å²) < 4.78 is 47.3. The number of sulfone groups is 2. The molecule has 1 atom stereocenters. The molecule has 0 saturated carbocycles. The van der Waals surface area contributed by atoms with E-state index < -0.39 is 19.7 Å². The number of piperidine rings is 1. The topological polar surface area (TPSA) is 92.3 Å². The zero-order chi connectivity index (χ0) is 17.3. The Bertz CT molecular complexity index is 780. The van der Waals surface area contributed by atoms with Crippen LogP contribution in [0.5, 0.6) is 0 Å². The second-order valence-corrected chi connectivity index (χ2v) is 10.6. The van der Waals surface area contributed by atoms with Crippen LogP contribution in [0.25, 0.3) is 0 Å². The first-order valence-electron chi connectivity index (χ1n) is 7.50.